The molecule has 0 N–H and O–H groups in total. The zero-order chi connectivity index (χ0) is 23.5. The van der Waals surface area contributed by atoms with Crippen LogP contribution in [0.25, 0.3) is 0 Å². The fraction of sp³-hybridized carbons (Fsp3) is 0.538. The summed E-state index contributed by atoms with van der Waals surface area (Å²) in [5.41, 5.74) is 0.327. The number of hydrogen-bond donors (Lipinski definition) is 0. The van der Waals surface area contributed by atoms with E-state index in [2.05, 4.69) is 6.92 Å². The molecule has 1 aliphatic heterocycles. The fourth-order valence-corrected chi connectivity index (χ4v) is 5.22. The Labute approximate surface area is 191 Å². The van der Waals surface area contributed by atoms with Crippen LogP contribution in [0.2, 0.25) is 0 Å². The lowest BCUT2D eigenvalue weighted by Gasteiger charge is -2.37. The van der Waals surface area contributed by atoms with Gasteiger partial charge < -0.3 is 9.47 Å². The molecule has 4 rings (SSSR count). The molecule has 0 aromatic heterocycles. The predicted molar refractivity (Wildman–Crippen MR) is 114 cm³/mol. The van der Waals surface area contributed by atoms with Crippen LogP contribution in [0, 0.1) is 46.8 Å². The first-order chi connectivity index (χ1) is 15.9. The van der Waals surface area contributed by atoms with Crippen molar-refractivity contribution in [2.75, 3.05) is 6.61 Å². The Bertz CT molecular complexity index is 917. The van der Waals surface area contributed by atoms with Gasteiger partial charge >= 0.3 is 0 Å². The van der Waals surface area contributed by atoms with Gasteiger partial charge in [-0.05, 0) is 78.8 Å². The van der Waals surface area contributed by atoms with Gasteiger partial charge in [0.2, 0.25) is 0 Å². The van der Waals surface area contributed by atoms with Gasteiger partial charge in [0.05, 0.1) is 12.7 Å². The van der Waals surface area contributed by atoms with E-state index >= 15 is 0 Å². The smallest absolute Gasteiger partial charge is 0.194 e. The quantitative estimate of drug-likeness (QED) is 0.320. The van der Waals surface area contributed by atoms with E-state index in [1.807, 2.05) is 0 Å². The van der Waals surface area contributed by atoms with Crippen LogP contribution >= 0.6 is 0 Å². The van der Waals surface area contributed by atoms with Crippen LogP contribution in [0.1, 0.15) is 69.1 Å². The van der Waals surface area contributed by atoms with Gasteiger partial charge in [0.25, 0.3) is 0 Å². The van der Waals surface area contributed by atoms with E-state index in [1.165, 1.54) is 44.2 Å². The Hall–Kier alpha value is -2.15. The third-order valence-corrected chi connectivity index (χ3v) is 7.27. The van der Waals surface area contributed by atoms with Crippen molar-refractivity contribution < 1.29 is 31.4 Å². The minimum atomic E-state index is -1.61. The molecule has 2 atom stereocenters. The average Bonchev–Trinajstić information content (AvgIpc) is 2.82. The van der Waals surface area contributed by atoms with E-state index in [9.17, 15) is 22.0 Å². The normalized spacial score (nSPS) is 25.8. The van der Waals surface area contributed by atoms with Crippen LogP contribution < -0.4 is 4.74 Å². The fourth-order valence-electron chi connectivity index (χ4n) is 5.22. The van der Waals surface area contributed by atoms with Crippen LogP contribution in [0.4, 0.5) is 22.0 Å². The highest BCUT2D eigenvalue weighted by molar-refractivity contribution is 5.33. The average molecular weight is 469 g/mol. The van der Waals surface area contributed by atoms with Crippen molar-refractivity contribution in [3.05, 3.63) is 64.5 Å². The first kappa shape index (κ1) is 24.0. The van der Waals surface area contributed by atoms with E-state index in [4.69, 9.17) is 9.47 Å². The molecule has 7 heteroatoms. The van der Waals surface area contributed by atoms with Crippen LogP contribution in [0.15, 0.2) is 24.3 Å². The van der Waals surface area contributed by atoms with Crippen molar-refractivity contribution in [1.29, 1.82) is 0 Å². The summed E-state index contributed by atoms with van der Waals surface area (Å²) in [6.07, 6.45) is 7.53. The summed E-state index contributed by atoms with van der Waals surface area (Å²) in [6, 6.07) is 3.82. The molecule has 33 heavy (non-hydrogen) atoms. The van der Waals surface area contributed by atoms with Crippen molar-refractivity contribution in [2.45, 2.75) is 64.6 Å². The molecular formula is C26H29F5O2. The van der Waals surface area contributed by atoms with Crippen molar-refractivity contribution in [3.63, 3.8) is 0 Å². The second kappa shape index (κ2) is 10.4. The highest BCUT2D eigenvalue weighted by Crippen LogP contribution is 2.41. The zero-order valence-electron chi connectivity index (χ0n) is 18.7. The maximum Gasteiger partial charge on any atom is 0.194 e. The van der Waals surface area contributed by atoms with Gasteiger partial charge in [-0.25, -0.2) is 22.0 Å². The monoisotopic (exact) mass is 468 g/mol. The molecule has 0 amide bonds. The van der Waals surface area contributed by atoms with Crippen LogP contribution in [0.5, 0.6) is 5.75 Å². The van der Waals surface area contributed by atoms with Crippen molar-refractivity contribution >= 4 is 0 Å². The van der Waals surface area contributed by atoms with Gasteiger partial charge in [-0.3, -0.25) is 0 Å². The summed E-state index contributed by atoms with van der Waals surface area (Å²) in [7, 11) is 0. The molecular weight excluding hydrogens is 439 g/mol. The van der Waals surface area contributed by atoms with Gasteiger partial charge in [-0.15, -0.1) is 0 Å². The standard InChI is InChI=1S/C26H29F5O2/c1-2-15-3-5-17(6-4-15)18-7-8-24(32-14-18)19-11-22(29)26(23(30)12-19)33-13-16-9-20(27)25(31)21(28)10-16/h9-12,15,17-18,24H,2-8,13-14H2,1H3. The lowest BCUT2D eigenvalue weighted by molar-refractivity contribution is -0.0406. The summed E-state index contributed by atoms with van der Waals surface area (Å²) in [6.45, 7) is 2.33. The van der Waals surface area contributed by atoms with Gasteiger partial charge in [0.15, 0.2) is 34.8 Å². The highest BCUT2D eigenvalue weighted by Gasteiger charge is 2.32. The molecule has 180 valence electrons. The second-order valence-electron chi connectivity index (χ2n) is 9.32. The van der Waals surface area contributed by atoms with Gasteiger partial charge in [0.1, 0.15) is 6.61 Å². The predicted octanol–water partition coefficient (Wildman–Crippen LogP) is 7.65. The number of rotatable bonds is 6. The summed E-state index contributed by atoms with van der Waals surface area (Å²) in [5.74, 6) is -4.88. The molecule has 1 saturated heterocycles. The van der Waals surface area contributed by atoms with Crippen molar-refractivity contribution in [2.24, 2.45) is 17.8 Å². The molecule has 0 spiro atoms. The van der Waals surface area contributed by atoms with Gasteiger partial charge in [-0.1, -0.05) is 26.2 Å². The first-order valence-corrected chi connectivity index (χ1v) is 11.7. The molecule has 0 radical (unpaired) electrons. The molecule has 1 heterocycles. The lowest BCUT2D eigenvalue weighted by Crippen LogP contribution is -2.29. The SMILES string of the molecule is CCC1CCC(C2CCC(c3cc(F)c(OCc4cc(F)c(F)c(F)c4)c(F)c3)OC2)CC1. The Morgan fingerprint density at radius 1 is 0.788 bits per heavy atom. The number of hydrogen-bond acceptors (Lipinski definition) is 2. The second-order valence-corrected chi connectivity index (χ2v) is 9.32. The molecule has 2 aromatic rings. The molecule has 2 unspecified atom stereocenters. The summed E-state index contributed by atoms with van der Waals surface area (Å²) < 4.78 is 80.0. The van der Waals surface area contributed by atoms with E-state index in [-0.39, 0.29) is 11.7 Å². The third kappa shape index (κ3) is 5.51. The Morgan fingerprint density at radius 3 is 1.94 bits per heavy atom. The van der Waals surface area contributed by atoms with Crippen molar-refractivity contribution in [1.82, 2.24) is 0 Å². The summed E-state index contributed by atoms with van der Waals surface area (Å²) in [5, 5.41) is 0. The van der Waals surface area contributed by atoms with E-state index < -0.39 is 41.4 Å². The maximum atomic E-state index is 14.6. The maximum absolute atomic E-state index is 14.6. The third-order valence-electron chi connectivity index (χ3n) is 7.27. The molecule has 2 aromatic carbocycles. The van der Waals surface area contributed by atoms with Crippen molar-refractivity contribution in [3.8, 4) is 5.75 Å². The van der Waals surface area contributed by atoms with Gasteiger partial charge in [0, 0.05) is 0 Å². The minimum Gasteiger partial charge on any atom is -0.483 e. The Balaban J connectivity index is 1.36. The van der Waals surface area contributed by atoms with E-state index in [0.717, 1.165) is 24.5 Å². The number of halogens is 5. The topological polar surface area (TPSA) is 18.5 Å². The van der Waals surface area contributed by atoms with Gasteiger partial charge in [-0.2, -0.15) is 0 Å². The molecule has 1 aliphatic carbocycles. The van der Waals surface area contributed by atoms with E-state index in [0.29, 0.717) is 30.4 Å². The molecule has 2 aliphatic rings. The largest absolute Gasteiger partial charge is 0.483 e. The zero-order valence-corrected chi connectivity index (χ0v) is 18.7. The van der Waals surface area contributed by atoms with Crippen LogP contribution in [-0.4, -0.2) is 6.61 Å². The molecule has 2 nitrogen and oxygen atoms in total. The summed E-state index contributed by atoms with van der Waals surface area (Å²) >= 11 is 0. The lowest BCUT2D eigenvalue weighted by atomic mass is 9.73. The minimum absolute atomic E-state index is 0.0797. The Morgan fingerprint density at radius 2 is 1.39 bits per heavy atom. The first-order valence-electron chi connectivity index (χ1n) is 11.7. The van der Waals surface area contributed by atoms with Crippen LogP contribution in [0.3, 0.4) is 0 Å². The van der Waals surface area contributed by atoms with Crippen LogP contribution in [-0.2, 0) is 11.3 Å². The summed E-state index contributed by atoms with van der Waals surface area (Å²) in [4.78, 5) is 0. The molecule has 1 saturated carbocycles. The highest BCUT2D eigenvalue weighted by atomic mass is 19.2. The molecule has 0 bridgehead atoms. The Kier molecular flexibility index (Phi) is 7.57. The number of benzene rings is 2. The molecule has 2 fully saturated rings. The van der Waals surface area contributed by atoms with E-state index in [1.54, 1.807) is 0 Å². The number of ether oxygens (including phenoxy) is 2.